The van der Waals surface area contributed by atoms with E-state index in [1.807, 2.05) is 12.1 Å². The van der Waals surface area contributed by atoms with E-state index in [9.17, 15) is 27.9 Å². The van der Waals surface area contributed by atoms with E-state index in [1.165, 1.54) is 0 Å². The van der Waals surface area contributed by atoms with E-state index in [0.717, 1.165) is 37.0 Å². The number of carbonyl (C=O) groups excluding carboxylic acids is 3. The number of carboxylic acids is 1. The van der Waals surface area contributed by atoms with Gasteiger partial charge in [-0.05, 0) is 29.3 Å². The molecule has 0 radical (unpaired) electrons. The molecule has 3 aliphatic rings. The fourth-order valence-electron chi connectivity index (χ4n) is 6.14. The number of fused-ring (bicyclic) bond motifs is 3. The van der Waals surface area contributed by atoms with Gasteiger partial charge < -0.3 is 39.0 Å². The number of hydrogen-bond acceptors (Lipinski definition) is 8. The van der Waals surface area contributed by atoms with Gasteiger partial charge in [-0.1, -0.05) is 60.7 Å². The minimum atomic E-state index is -5.19. The van der Waals surface area contributed by atoms with Crippen LogP contribution >= 0.6 is 0 Å². The zero-order valence-corrected chi connectivity index (χ0v) is 26.0. The van der Waals surface area contributed by atoms with Crippen LogP contribution in [0.3, 0.4) is 0 Å². The third kappa shape index (κ3) is 8.22. The van der Waals surface area contributed by atoms with Crippen LogP contribution in [-0.4, -0.2) is 86.7 Å². The van der Waals surface area contributed by atoms with Gasteiger partial charge in [-0.15, -0.1) is 0 Å². The predicted octanol–water partition coefficient (Wildman–Crippen LogP) is 2.82. The second-order valence-electron chi connectivity index (χ2n) is 11.5. The lowest BCUT2D eigenvalue weighted by atomic mass is 9.82. The molecular formula is C34H37F3N2O8. The normalized spacial score (nSPS) is 20.3. The van der Waals surface area contributed by atoms with E-state index in [4.69, 9.17) is 24.1 Å². The number of amides is 1. The van der Waals surface area contributed by atoms with E-state index in [-0.39, 0.29) is 17.9 Å². The van der Waals surface area contributed by atoms with Crippen molar-refractivity contribution >= 4 is 17.8 Å². The number of hydrogen-bond donors (Lipinski definition) is 2. The topological polar surface area (TPSA) is 134 Å². The molecule has 1 atom stereocenters. The van der Waals surface area contributed by atoms with Crippen LogP contribution in [0.2, 0.25) is 0 Å². The van der Waals surface area contributed by atoms with Crippen molar-refractivity contribution in [3.8, 4) is 11.5 Å². The molecule has 0 unspecified atom stereocenters. The number of halogens is 3. The van der Waals surface area contributed by atoms with Crippen LogP contribution in [0.4, 0.5) is 13.2 Å². The maximum Gasteiger partial charge on any atom is 0.430 e. The molecule has 13 heteroatoms. The highest BCUT2D eigenvalue weighted by Gasteiger charge is 2.50. The molecule has 3 fully saturated rings. The number of methoxy groups -OCH3 is 2. The van der Waals surface area contributed by atoms with Crippen LogP contribution in [0, 0.1) is 5.92 Å². The fourth-order valence-corrected chi connectivity index (χ4v) is 6.14. The largest absolute Gasteiger partial charge is 0.542 e. The molecule has 3 aliphatic heterocycles. The summed E-state index contributed by atoms with van der Waals surface area (Å²) in [7, 11) is 3.10. The summed E-state index contributed by atoms with van der Waals surface area (Å²) in [6.45, 7) is 3.86. The van der Waals surface area contributed by atoms with Crippen molar-refractivity contribution in [1.29, 1.82) is 0 Å². The molecule has 252 valence electrons. The number of esters is 1. The molecule has 3 heterocycles. The highest BCUT2D eigenvalue weighted by molar-refractivity contribution is 5.94. The Morgan fingerprint density at radius 1 is 0.894 bits per heavy atom. The number of carboxylic acid groups (broad SMARTS) is 1. The van der Waals surface area contributed by atoms with Gasteiger partial charge in [-0.25, -0.2) is 4.79 Å². The summed E-state index contributed by atoms with van der Waals surface area (Å²) < 4.78 is 49.1. The quantitative estimate of drug-likeness (QED) is 0.251. The summed E-state index contributed by atoms with van der Waals surface area (Å²) in [6.07, 6.45) is -3.61. The van der Waals surface area contributed by atoms with Crippen molar-refractivity contribution in [2.75, 3.05) is 46.9 Å². The SMILES string of the molecule is COc1ccc(C(=O)NCC[N+]23CCC(CC2)[C@@H](OC(=O)C(O)(c2ccccc2)c2ccccc2)C3)cc1OC.O=C([O-])C(F)(F)F. The molecular weight excluding hydrogens is 621 g/mol. The van der Waals surface area contributed by atoms with E-state index < -0.39 is 23.7 Å². The molecule has 2 N–H and O–H groups in total. The van der Waals surface area contributed by atoms with Crippen molar-refractivity contribution in [3.63, 3.8) is 0 Å². The number of aliphatic hydroxyl groups is 1. The van der Waals surface area contributed by atoms with Crippen LogP contribution < -0.4 is 19.9 Å². The summed E-state index contributed by atoms with van der Waals surface area (Å²) >= 11 is 0. The van der Waals surface area contributed by atoms with Gasteiger partial charge in [0.15, 0.2) is 17.6 Å². The first-order chi connectivity index (χ1) is 22.3. The van der Waals surface area contributed by atoms with E-state index >= 15 is 0 Å². The molecule has 47 heavy (non-hydrogen) atoms. The summed E-state index contributed by atoms with van der Waals surface area (Å²) in [5, 5.41) is 23.6. The monoisotopic (exact) mass is 658 g/mol. The second kappa shape index (κ2) is 14.9. The molecule has 0 spiro atoms. The average Bonchev–Trinajstić information content (AvgIpc) is 3.08. The molecule has 0 aliphatic carbocycles. The number of quaternary nitrogens is 1. The van der Waals surface area contributed by atoms with Gasteiger partial charge in [-0.2, -0.15) is 13.2 Å². The number of alkyl halides is 3. The van der Waals surface area contributed by atoms with Crippen LogP contribution in [0.15, 0.2) is 78.9 Å². The first-order valence-corrected chi connectivity index (χ1v) is 15.0. The third-order valence-corrected chi connectivity index (χ3v) is 8.73. The van der Waals surface area contributed by atoms with Crippen LogP contribution in [-0.2, 0) is 19.9 Å². The fraction of sp³-hybridized carbons (Fsp3) is 0.382. The Morgan fingerprint density at radius 3 is 1.91 bits per heavy atom. The minimum absolute atomic E-state index is 0.176. The highest BCUT2D eigenvalue weighted by atomic mass is 19.4. The smallest absolute Gasteiger partial charge is 0.430 e. The Kier molecular flexibility index (Phi) is 11.1. The molecule has 6 rings (SSSR count). The average molecular weight is 659 g/mol. The number of rotatable bonds is 10. The second-order valence-corrected chi connectivity index (χ2v) is 11.5. The van der Waals surface area contributed by atoms with E-state index in [1.54, 1.807) is 80.9 Å². The molecule has 3 saturated heterocycles. The zero-order valence-electron chi connectivity index (χ0n) is 26.0. The maximum atomic E-state index is 13.7. The Hall–Kier alpha value is -4.62. The van der Waals surface area contributed by atoms with E-state index in [2.05, 4.69) is 5.32 Å². The Bertz CT molecular complexity index is 1490. The molecule has 2 bridgehead atoms. The summed E-state index contributed by atoms with van der Waals surface area (Å²) in [6, 6.07) is 23.0. The standard InChI is InChI=1S/C32H36N2O6.C2HF3O2/c1-38-27-14-13-24(21-28(27)39-2)30(35)33-17-20-34-18-15-23(16-19-34)29(22-34)40-31(36)32(37,25-9-5-3-6-10-25)26-11-7-4-8-12-26;3-2(4,5)1(6)7/h3-14,21,23,29,37H,15-20,22H2,1-2H3;(H,6,7)/t23?,29-,34?;/m0./s1. The van der Waals surface area contributed by atoms with Crippen molar-refractivity contribution in [2.45, 2.75) is 30.7 Å². The van der Waals surface area contributed by atoms with Gasteiger partial charge in [-0.3, -0.25) is 4.79 Å². The van der Waals surface area contributed by atoms with Gasteiger partial charge in [0.25, 0.3) is 5.91 Å². The predicted molar refractivity (Wildman–Crippen MR) is 161 cm³/mol. The number of nitrogens with one attached hydrogen (secondary N) is 1. The number of carbonyl (C=O) groups is 3. The van der Waals surface area contributed by atoms with Crippen molar-refractivity contribution in [3.05, 3.63) is 95.6 Å². The number of benzene rings is 3. The van der Waals surface area contributed by atoms with Gasteiger partial charge in [0, 0.05) is 24.3 Å². The molecule has 3 aromatic carbocycles. The van der Waals surface area contributed by atoms with Gasteiger partial charge in [0.1, 0.15) is 12.5 Å². The van der Waals surface area contributed by atoms with Crippen molar-refractivity contribution < 1.29 is 56.5 Å². The van der Waals surface area contributed by atoms with Gasteiger partial charge >= 0.3 is 12.1 Å². The van der Waals surface area contributed by atoms with E-state index in [0.29, 0.717) is 41.3 Å². The molecule has 0 saturated carbocycles. The van der Waals surface area contributed by atoms with Crippen LogP contribution in [0.1, 0.15) is 34.3 Å². The minimum Gasteiger partial charge on any atom is -0.542 e. The lowest BCUT2D eigenvalue weighted by Gasteiger charge is -2.52. The summed E-state index contributed by atoms with van der Waals surface area (Å²) in [4.78, 5) is 35.3. The first kappa shape index (κ1) is 35.2. The van der Waals surface area contributed by atoms with Crippen molar-refractivity contribution in [2.24, 2.45) is 5.92 Å². The summed E-state index contributed by atoms with van der Waals surface area (Å²) in [5.74, 6) is -2.49. The van der Waals surface area contributed by atoms with Crippen LogP contribution in [0.5, 0.6) is 11.5 Å². The van der Waals surface area contributed by atoms with Gasteiger partial charge in [0.2, 0.25) is 5.60 Å². The Morgan fingerprint density at radius 2 is 1.43 bits per heavy atom. The molecule has 1 amide bonds. The van der Waals surface area contributed by atoms with Gasteiger partial charge in [0.05, 0.1) is 40.4 Å². The lowest BCUT2D eigenvalue weighted by molar-refractivity contribution is -0.945. The summed E-state index contributed by atoms with van der Waals surface area (Å²) in [5.41, 5.74) is -0.432. The number of aliphatic carboxylic acids is 1. The zero-order chi connectivity index (χ0) is 34.2. The number of piperidine rings is 3. The van der Waals surface area contributed by atoms with Crippen LogP contribution in [0.25, 0.3) is 0 Å². The molecule has 0 aromatic heterocycles. The third-order valence-electron chi connectivity index (χ3n) is 8.73. The first-order valence-electron chi connectivity index (χ1n) is 15.0. The number of ether oxygens (including phenoxy) is 3. The molecule has 10 nitrogen and oxygen atoms in total. The highest BCUT2D eigenvalue weighted by Crippen LogP contribution is 2.38. The maximum absolute atomic E-state index is 13.7. The number of nitrogens with zero attached hydrogens (tertiary/aromatic N) is 1. The Balaban J connectivity index is 0.000000644. The molecule has 3 aromatic rings. The lowest BCUT2D eigenvalue weighted by Crippen LogP contribution is -2.66. The van der Waals surface area contributed by atoms with Crippen molar-refractivity contribution in [1.82, 2.24) is 5.32 Å². The Labute approximate surface area is 270 Å².